The predicted octanol–water partition coefficient (Wildman–Crippen LogP) is 6.29. The van der Waals surface area contributed by atoms with Crippen LogP contribution >= 0.6 is 11.8 Å². The second-order valence-corrected chi connectivity index (χ2v) is 7.96. The van der Waals surface area contributed by atoms with Crippen LogP contribution in [0.15, 0.2) is 119 Å². The van der Waals surface area contributed by atoms with Gasteiger partial charge in [0.1, 0.15) is 0 Å². The zero-order chi connectivity index (χ0) is 21.0. The van der Waals surface area contributed by atoms with Crippen molar-refractivity contribution in [3.05, 3.63) is 120 Å². The van der Waals surface area contributed by atoms with Crippen LogP contribution < -0.4 is 4.90 Å². The summed E-state index contributed by atoms with van der Waals surface area (Å²) in [5, 5.41) is 0.645. The molecule has 0 N–H and O–H groups in total. The number of hydrogen-bond donors (Lipinski definition) is 0. The SMILES string of the molecule is O=C1/C(=C/c2cccn2-c2ccccc2)SC(=Nc2ccccc2)N1c1ccccc1. The number of rotatable bonds is 4. The highest BCUT2D eigenvalue weighted by Gasteiger charge is 2.34. The van der Waals surface area contributed by atoms with Gasteiger partial charge in [0.2, 0.25) is 0 Å². The highest BCUT2D eigenvalue weighted by atomic mass is 32.2. The lowest BCUT2D eigenvalue weighted by Gasteiger charge is -2.15. The number of aliphatic imine (C=N–C) groups is 1. The standard InChI is InChI=1S/C26H19N3OS/c30-25-24(19-23-17-10-18-28(23)21-13-6-2-7-14-21)31-26(27-20-11-4-1-5-12-20)29(25)22-15-8-3-9-16-22/h1-19H/b24-19-,27-26?. The molecule has 0 atom stereocenters. The molecule has 1 aromatic heterocycles. The van der Waals surface area contributed by atoms with E-state index in [1.165, 1.54) is 11.8 Å². The van der Waals surface area contributed by atoms with E-state index in [2.05, 4.69) is 4.57 Å². The third kappa shape index (κ3) is 3.96. The molecule has 150 valence electrons. The molecule has 0 saturated carbocycles. The van der Waals surface area contributed by atoms with Gasteiger partial charge in [-0.2, -0.15) is 0 Å². The second-order valence-electron chi connectivity index (χ2n) is 6.96. The number of carbonyl (C=O) groups is 1. The van der Waals surface area contributed by atoms with Gasteiger partial charge in [0.15, 0.2) is 5.17 Å². The molecule has 0 unspecified atom stereocenters. The lowest BCUT2D eigenvalue weighted by Crippen LogP contribution is -2.28. The first-order valence-electron chi connectivity index (χ1n) is 9.95. The third-order valence-electron chi connectivity index (χ3n) is 4.90. The molecule has 1 amide bonds. The van der Waals surface area contributed by atoms with Gasteiger partial charge in [0.05, 0.1) is 16.3 Å². The van der Waals surface area contributed by atoms with E-state index in [1.807, 2.05) is 115 Å². The zero-order valence-electron chi connectivity index (χ0n) is 16.6. The first kappa shape index (κ1) is 19.2. The maximum atomic E-state index is 13.4. The van der Waals surface area contributed by atoms with Crippen LogP contribution in [0, 0.1) is 0 Å². The van der Waals surface area contributed by atoms with Crippen molar-refractivity contribution in [2.45, 2.75) is 0 Å². The second kappa shape index (κ2) is 8.50. The van der Waals surface area contributed by atoms with E-state index >= 15 is 0 Å². The van der Waals surface area contributed by atoms with Gasteiger partial charge < -0.3 is 4.57 Å². The Kier molecular flexibility index (Phi) is 5.25. The summed E-state index contributed by atoms with van der Waals surface area (Å²) >= 11 is 1.39. The van der Waals surface area contributed by atoms with Crippen LogP contribution in [0.4, 0.5) is 11.4 Å². The van der Waals surface area contributed by atoms with Gasteiger partial charge in [0.25, 0.3) is 5.91 Å². The van der Waals surface area contributed by atoms with E-state index in [-0.39, 0.29) is 5.91 Å². The van der Waals surface area contributed by atoms with Gasteiger partial charge in [-0.25, -0.2) is 4.99 Å². The fourth-order valence-electron chi connectivity index (χ4n) is 3.44. The molecule has 4 aromatic rings. The Balaban J connectivity index is 1.57. The summed E-state index contributed by atoms with van der Waals surface area (Å²) in [5.74, 6) is -0.0771. The third-order valence-corrected chi connectivity index (χ3v) is 5.86. The van der Waals surface area contributed by atoms with Gasteiger partial charge >= 0.3 is 0 Å². The lowest BCUT2D eigenvalue weighted by molar-refractivity contribution is -0.113. The van der Waals surface area contributed by atoms with E-state index in [0.29, 0.717) is 10.1 Å². The highest BCUT2D eigenvalue weighted by molar-refractivity contribution is 8.19. The maximum absolute atomic E-state index is 13.4. The number of hydrogen-bond acceptors (Lipinski definition) is 3. The minimum Gasteiger partial charge on any atom is -0.317 e. The Bertz CT molecular complexity index is 1260. The molecule has 1 saturated heterocycles. The average Bonchev–Trinajstić information content (AvgIpc) is 3.40. The van der Waals surface area contributed by atoms with Gasteiger partial charge in [-0.05, 0) is 66.4 Å². The summed E-state index contributed by atoms with van der Waals surface area (Å²) < 4.78 is 2.07. The molecular formula is C26H19N3OS. The Morgan fingerprint density at radius 1 is 0.710 bits per heavy atom. The number of anilines is 1. The molecule has 0 radical (unpaired) electrons. The molecule has 1 aliphatic rings. The fourth-order valence-corrected chi connectivity index (χ4v) is 4.42. The average molecular weight is 422 g/mol. The van der Waals surface area contributed by atoms with Crippen molar-refractivity contribution in [2.75, 3.05) is 4.90 Å². The number of para-hydroxylation sites is 3. The van der Waals surface area contributed by atoms with Crippen LogP contribution in [-0.2, 0) is 4.79 Å². The van der Waals surface area contributed by atoms with Crippen molar-refractivity contribution in [3.63, 3.8) is 0 Å². The number of carbonyl (C=O) groups excluding carboxylic acids is 1. The quantitative estimate of drug-likeness (QED) is 0.363. The number of thioether (sulfide) groups is 1. The van der Waals surface area contributed by atoms with Gasteiger partial charge in [-0.15, -0.1) is 0 Å². The van der Waals surface area contributed by atoms with E-state index < -0.39 is 0 Å². The smallest absolute Gasteiger partial charge is 0.271 e. The number of amides is 1. The molecule has 5 heteroatoms. The summed E-state index contributed by atoms with van der Waals surface area (Å²) in [7, 11) is 0. The number of aromatic nitrogens is 1. The van der Waals surface area contributed by atoms with E-state index in [0.717, 1.165) is 22.8 Å². The Labute approximate surface area is 185 Å². The first-order chi connectivity index (χ1) is 15.3. The minimum atomic E-state index is -0.0771. The molecule has 1 fully saturated rings. The summed E-state index contributed by atoms with van der Waals surface area (Å²) in [6.07, 6.45) is 3.93. The Morgan fingerprint density at radius 3 is 2.00 bits per heavy atom. The molecule has 5 rings (SSSR count). The summed E-state index contributed by atoms with van der Waals surface area (Å²) in [6, 6.07) is 33.4. The molecule has 1 aliphatic heterocycles. The molecule has 0 aliphatic carbocycles. The zero-order valence-corrected chi connectivity index (χ0v) is 17.4. The molecule has 3 aromatic carbocycles. The molecule has 4 nitrogen and oxygen atoms in total. The molecular weight excluding hydrogens is 402 g/mol. The van der Waals surface area contributed by atoms with Crippen LogP contribution in [0.1, 0.15) is 5.69 Å². The van der Waals surface area contributed by atoms with E-state index in [1.54, 1.807) is 4.90 Å². The van der Waals surface area contributed by atoms with Crippen molar-refractivity contribution in [2.24, 2.45) is 4.99 Å². The van der Waals surface area contributed by atoms with Crippen LogP contribution in [0.2, 0.25) is 0 Å². The first-order valence-corrected chi connectivity index (χ1v) is 10.8. The maximum Gasteiger partial charge on any atom is 0.271 e. The van der Waals surface area contributed by atoms with Crippen molar-refractivity contribution in [1.82, 2.24) is 4.57 Å². The lowest BCUT2D eigenvalue weighted by atomic mass is 10.2. The summed E-state index contributed by atoms with van der Waals surface area (Å²) in [5.41, 5.74) is 3.60. The van der Waals surface area contributed by atoms with Gasteiger partial charge in [0, 0.05) is 17.6 Å². The normalized spacial score (nSPS) is 16.4. The van der Waals surface area contributed by atoms with Crippen LogP contribution in [0.5, 0.6) is 0 Å². The number of benzene rings is 3. The van der Waals surface area contributed by atoms with Crippen molar-refractivity contribution >= 4 is 40.3 Å². The largest absolute Gasteiger partial charge is 0.317 e. The predicted molar refractivity (Wildman–Crippen MR) is 129 cm³/mol. The van der Waals surface area contributed by atoms with Gasteiger partial charge in [-0.1, -0.05) is 54.6 Å². The molecule has 2 heterocycles. The monoisotopic (exact) mass is 421 g/mol. The number of amidine groups is 1. The summed E-state index contributed by atoms with van der Waals surface area (Å²) in [6.45, 7) is 0. The van der Waals surface area contributed by atoms with Crippen molar-refractivity contribution in [1.29, 1.82) is 0 Å². The Morgan fingerprint density at radius 2 is 1.32 bits per heavy atom. The number of nitrogens with zero attached hydrogens (tertiary/aromatic N) is 3. The van der Waals surface area contributed by atoms with Crippen molar-refractivity contribution < 1.29 is 4.79 Å². The molecule has 0 bridgehead atoms. The Hall–Kier alpha value is -3.83. The van der Waals surface area contributed by atoms with Crippen LogP contribution in [-0.4, -0.2) is 15.6 Å². The van der Waals surface area contributed by atoms with E-state index in [9.17, 15) is 4.79 Å². The minimum absolute atomic E-state index is 0.0771. The fraction of sp³-hybridized carbons (Fsp3) is 0. The molecule has 0 spiro atoms. The van der Waals surface area contributed by atoms with Crippen molar-refractivity contribution in [3.8, 4) is 5.69 Å². The van der Waals surface area contributed by atoms with Crippen LogP contribution in [0.3, 0.4) is 0 Å². The van der Waals surface area contributed by atoms with Gasteiger partial charge in [-0.3, -0.25) is 9.69 Å². The topological polar surface area (TPSA) is 37.6 Å². The highest BCUT2D eigenvalue weighted by Crippen LogP contribution is 2.37. The van der Waals surface area contributed by atoms with Crippen LogP contribution in [0.25, 0.3) is 11.8 Å². The summed E-state index contributed by atoms with van der Waals surface area (Å²) in [4.78, 5) is 20.5. The molecule has 31 heavy (non-hydrogen) atoms. The van der Waals surface area contributed by atoms with E-state index in [4.69, 9.17) is 4.99 Å².